The van der Waals surface area contributed by atoms with Crippen molar-refractivity contribution in [2.75, 3.05) is 0 Å². The first-order valence-corrected chi connectivity index (χ1v) is 13.2. The maximum Gasteiger partial charge on any atom is 0.418 e. The Morgan fingerprint density at radius 1 is 0.878 bits per heavy atom. The molecular formula is C34H28F3NO3. The summed E-state index contributed by atoms with van der Waals surface area (Å²) in [4.78, 5) is 15.1. The molecule has 0 bridgehead atoms. The number of aliphatic carboxylic acids is 1. The Morgan fingerprint density at radius 3 is 2.34 bits per heavy atom. The van der Waals surface area contributed by atoms with Crippen LogP contribution in [0.2, 0.25) is 0 Å². The fourth-order valence-electron chi connectivity index (χ4n) is 4.94. The van der Waals surface area contributed by atoms with E-state index in [1.54, 1.807) is 12.3 Å². The Labute approximate surface area is 236 Å². The number of benzene rings is 4. The average molecular weight is 556 g/mol. The molecule has 4 aromatic carbocycles. The molecule has 0 atom stereocenters. The van der Waals surface area contributed by atoms with Crippen LogP contribution in [0.15, 0.2) is 97.2 Å². The zero-order valence-corrected chi connectivity index (χ0v) is 22.4. The highest BCUT2D eigenvalue weighted by Crippen LogP contribution is 2.39. The lowest BCUT2D eigenvalue weighted by atomic mass is 9.91. The Balaban J connectivity index is 1.50. The van der Waals surface area contributed by atoms with Gasteiger partial charge in [0.2, 0.25) is 0 Å². The number of carbonyl (C=O) groups is 1. The minimum Gasteiger partial charge on any atom is -0.489 e. The number of fused-ring (bicyclic) bond motifs is 1. The number of carboxylic acids is 1. The molecule has 0 unspecified atom stereocenters. The third-order valence-electron chi connectivity index (χ3n) is 7.10. The van der Waals surface area contributed by atoms with Crippen LogP contribution in [0.25, 0.3) is 22.0 Å². The normalized spacial score (nSPS) is 11.5. The molecule has 1 N–H and O–H groups in total. The first kappa shape index (κ1) is 27.9. The Bertz CT molecular complexity index is 1690. The SMILES string of the molecule is Cc1ccccc1Cc1cnc2c(C(F)(F)F)cccc2c1-c1cccc(OCc2ccc(CCC(=O)O)cc2)c1. The second-order valence-electron chi connectivity index (χ2n) is 9.99. The van der Waals surface area contributed by atoms with Gasteiger partial charge in [0, 0.05) is 18.0 Å². The van der Waals surface area contributed by atoms with Crippen LogP contribution in [0, 0.1) is 6.92 Å². The molecule has 1 aromatic heterocycles. The smallest absolute Gasteiger partial charge is 0.418 e. The van der Waals surface area contributed by atoms with Crippen molar-refractivity contribution in [1.29, 1.82) is 0 Å². The fourth-order valence-corrected chi connectivity index (χ4v) is 4.94. The Kier molecular flexibility index (Phi) is 8.06. The van der Waals surface area contributed by atoms with E-state index in [1.165, 1.54) is 6.07 Å². The van der Waals surface area contributed by atoms with Gasteiger partial charge in [-0.05, 0) is 76.9 Å². The summed E-state index contributed by atoms with van der Waals surface area (Å²) in [5, 5.41) is 9.31. The number of hydrogen-bond acceptors (Lipinski definition) is 3. The van der Waals surface area contributed by atoms with Gasteiger partial charge in [-0.1, -0.05) is 72.8 Å². The van der Waals surface area contributed by atoms with Crippen LogP contribution in [0.5, 0.6) is 5.75 Å². The molecule has 208 valence electrons. The zero-order chi connectivity index (χ0) is 29.0. The van der Waals surface area contributed by atoms with Gasteiger partial charge >= 0.3 is 12.1 Å². The molecule has 41 heavy (non-hydrogen) atoms. The van der Waals surface area contributed by atoms with Crippen LogP contribution in [-0.4, -0.2) is 16.1 Å². The van der Waals surface area contributed by atoms with Crippen LogP contribution in [-0.2, 0) is 30.4 Å². The van der Waals surface area contributed by atoms with E-state index in [2.05, 4.69) is 4.98 Å². The van der Waals surface area contributed by atoms with E-state index in [-0.39, 0.29) is 18.5 Å². The Hall–Kier alpha value is -4.65. The number of hydrogen-bond donors (Lipinski definition) is 1. The van der Waals surface area contributed by atoms with Crippen molar-refractivity contribution in [3.8, 4) is 16.9 Å². The fraction of sp³-hybridized carbons (Fsp3) is 0.176. The van der Waals surface area contributed by atoms with Crippen molar-refractivity contribution in [3.63, 3.8) is 0 Å². The predicted molar refractivity (Wildman–Crippen MR) is 153 cm³/mol. The summed E-state index contributed by atoms with van der Waals surface area (Å²) < 4.78 is 47.8. The summed E-state index contributed by atoms with van der Waals surface area (Å²) >= 11 is 0. The Morgan fingerprint density at radius 2 is 1.61 bits per heavy atom. The number of halogens is 3. The molecule has 0 fully saturated rings. The zero-order valence-electron chi connectivity index (χ0n) is 22.4. The van der Waals surface area contributed by atoms with Gasteiger partial charge in [-0.15, -0.1) is 0 Å². The maximum absolute atomic E-state index is 13.9. The second-order valence-corrected chi connectivity index (χ2v) is 9.99. The molecule has 0 aliphatic carbocycles. The number of para-hydroxylation sites is 1. The molecular weight excluding hydrogens is 527 g/mol. The van der Waals surface area contributed by atoms with Gasteiger partial charge in [0.25, 0.3) is 0 Å². The minimum atomic E-state index is -4.53. The van der Waals surface area contributed by atoms with E-state index in [0.717, 1.165) is 39.4 Å². The third kappa shape index (κ3) is 6.57. The van der Waals surface area contributed by atoms with Gasteiger partial charge < -0.3 is 9.84 Å². The highest BCUT2D eigenvalue weighted by Gasteiger charge is 2.33. The number of carboxylic acid groups (broad SMARTS) is 1. The number of aromatic nitrogens is 1. The highest BCUT2D eigenvalue weighted by molar-refractivity contribution is 5.98. The molecule has 5 aromatic rings. The summed E-state index contributed by atoms with van der Waals surface area (Å²) in [5.41, 5.74) is 5.41. The van der Waals surface area contributed by atoms with Gasteiger partial charge in [-0.2, -0.15) is 13.2 Å². The summed E-state index contributed by atoms with van der Waals surface area (Å²) in [5.74, 6) is -0.257. The number of aryl methyl sites for hydroxylation is 2. The molecule has 1 heterocycles. The second kappa shape index (κ2) is 11.8. The molecule has 0 amide bonds. The molecule has 0 aliphatic heterocycles. The quantitative estimate of drug-likeness (QED) is 0.198. The number of rotatable bonds is 9. The third-order valence-corrected chi connectivity index (χ3v) is 7.10. The van der Waals surface area contributed by atoms with E-state index < -0.39 is 17.7 Å². The number of nitrogens with zero attached hydrogens (tertiary/aromatic N) is 1. The first-order chi connectivity index (χ1) is 19.7. The summed E-state index contributed by atoms with van der Waals surface area (Å²) in [6.45, 7) is 2.30. The standard InChI is InChI=1S/C34H28F3NO3/c1-22-6-2-3-7-25(22)18-27-20-38-33-29(10-5-11-30(33)34(35,36)37)32(27)26-8-4-9-28(19-26)41-21-24-14-12-23(13-15-24)16-17-31(39)40/h2-15,19-20H,16-18,21H2,1H3,(H,39,40). The lowest BCUT2D eigenvalue weighted by molar-refractivity contribution is -0.137. The molecule has 0 saturated carbocycles. The predicted octanol–water partition coefficient (Wildman–Crippen LogP) is 8.42. The monoisotopic (exact) mass is 555 g/mol. The maximum atomic E-state index is 13.9. The average Bonchev–Trinajstić information content (AvgIpc) is 2.96. The van der Waals surface area contributed by atoms with Gasteiger partial charge in [0.15, 0.2) is 0 Å². The highest BCUT2D eigenvalue weighted by atomic mass is 19.4. The molecule has 0 radical (unpaired) electrons. The van der Waals surface area contributed by atoms with Crippen molar-refractivity contribution >= 4 is 16.9 Å². The van der Waals surface area contributed by atoms with Crippen molar-refractivity contribution in [3.05, 3.63) is 131 Å². The summed E-state index contributed by atoms with van der Waals surface area (Å²) in [6, 6.07) is 27.0. The van der Waals surface area contributed by atoms with Crippen molar-refractivity contribution in [2.45, 2.75) is 39.0 Å². The van der Waals surface area contributed by atoms with E-state index in [4.69, 9.17) is 9.84 Å². The molecule has 0 aliphatic rings. The van der Waals surface area contributed by atoms with Gasteiger partial charge in [0.05, 0.1) is 11.1 Å². The van der Waals surface area contributed by atoms with Crippen LogP contribution in [0.3, 0.4) is 0 Å². The van der Waals surface area contributed by atoms with Gasteiger partial charge in [0.1, 0.15) is 12.4 Å². The van der Waals surface area contributed by atoms with E-state index >= 15 is 0 Å². The topological polar surface area (TPSA) is 59.4 Å². The van der Waals surface area contributed by atoms with Crippen LogP contribution >= 0.6 is 0 Å². The lowest BCUT2D eigenvalue weighted by Crippen LogP contribution is -2.07. The molecule has 5 rings (SSSR count). The van der Waals surface area contributed by atoms with Crippen LogP contribution in [0.4, 0.5) is 13.2 Å². The molecule has 4 nitrogen and oxygen atoms in total. The van der Waals surface area contributed by atoms with E-state index in [1.807, 2.05) is 79.7 Å². The van der Waals surface area contributed by atoms with Crippen molar-refractivity contribution in [1.82, 2.24) is 4.98 Å². The number of alkyl halides is 3. The van der Waals surface area contributed by atoms with Crippen LogP contribution in [0.1, 0.15) is 39.8 Å². The van der Waals surface area contributed by atoms with Crippen LogP contribution < -0.4 is 4.74 Å². The van der Waals surface area contributed by atoms with Gasteiger partial charge in [-0.25, -0.2) is 0 Å². The number of pyridine rings is 1. The van der Waals surface area contributed by atoms with Crippen molar-refractivity contribution in [2.24, 2.45) is 0 Å². The largest absolute Gasteiger partial charge is 0.489 e. The minimum absolute atomic E-state index is 0.0720. The van der Waals surface area contributed by atoms with E-state index in [0.29, 0.717) is 29.5 Å². The van der Waals surface area contributed by atoms with Gasteiger partial charge in [-0.3, -0.25) is 9.78 Å². The van der Waals surface area contributed by atoms with Crippen molar-refractivity contribution < 1.29 is 27.8 Å². The molecule has 7 heteroatoms. The lowest BCUT2D eigenvalue weighted by Gasteiger charge is -2.17. The van der Waals surface area contributed by atoms with E-state index in [9.17, 15) is 18.0 Å². The molecule has 0 saturated heterocycles. The molecule has 0 spiro atoms. The first-order valence-electron chi connectivity index (χ1n) is 13.2. The summed E-state index contributed by atoms with van der Waals surface area (Å²) in [7, 11) is 0. The summed E-state index contributed by atoms with van der Waals surface area (Å²) in [6.07, 6.45) is -1.93. The number of ether oxygens (including phenoxy) is 1.